The van der Waals surface area contributed by atoms with E-state index in [1.807, 2.05) is 0 Å². The normalized spacial score (nSPS) is 3.75. The van der Waals surface area contributed by atoms with E-state index in [0.29, 0.717) is 0 Å². The van der Waals surface area contributed by atoms with E-state index >= 15 is 0 Å². The van der Waals surface area contributed by atoms with Gasteiger partial charge in [0.15, 0.2) is 0 Å². The Balaban J connectivity index is 0. The van der Waals surface area contributed by atoms with Gasteiger partial charge in [0.05, 0.1) is 12.1 Å². The van der Waals surface area contributed by atoms with Crippen LogP contribution in [0, 0.1) is 22.7 Å². The van der Waals surface area contributed by atoms with Crippen LogP contribution in [0.5, 0.6) is 0 Å². The second-order valence-electron chi connectivity index (χ2n) is 0.666. The van der Waals surface area contributed by atoms with Crippen LogP contribution in [0.2, 0.25) is 0 Å². The molecule has 0 aromatic rings. The fourth-order valence-electron chi connectivity index (χ4n) is 0. The second-order valence-corrected chi connectivity index (χ2v) is 0.666. The van der Waals surface area contributed by atoms with Crippen LogP contribution in [0.4, 0.5) is 0 Å². The molecule has 0 saturated heterocycles. The Labute approximate surface area is 49.0 Å². The maximum atomic E-state index is 7.51. The number of allylic oxidation sites excluding steroid dienone is 2. The summed E-state index contributed by atoms with van der Waals surface area (Å²) in [5.74, 6) is 0. The van der Waals surface area contributed by atoms with Gasteiger partial charge in [0.2, 0.25) is 0 Å². The molecule has 0 unspecified atom stereocenters. The summed E-state index contributed by atoms with van der Waals surface area (Å²) in [7, 11) is 0. The first-order chi connectivity index (χ1) is 3.83. The molecule has 0 amide bonds. The van der Waals surface area contributed by atoms with Crippen LogP contribution in [-0.4, -0.2) is 0 Å². The lowest BCUT2D eigenvalue weighted by Gasteiger charge is -1.31. The van der Waals surface area contributed by atoms with Crippen LogP contribution < -0.4 is 0 Å². The Morgan fingerprint density at radius 1 is 1.00 bits per heavy atom. The third kappa shape index (κ3) is 252. The maximum Gasteiger partial charge on any atom is 0.0905 e. The van der Waals surface area contributed by atoms with Gasteiger partial charge in [-0.25, -0.2) is 0 Å². The average Bonchev–Trinajstić information content (AvgIpc) is 1.88. The first-order valence-corrected chi connectivity index (χ1v) is 1.84. The minimum absolute atomic E-state index is 1.18. The van der Waals surface area contributed by atoms with E-state index in [1.165, 1.54) is 12.2 Å². The lowest BCUT2D eigenvalue weighted by Crippen LogP contribution is -1.23. The van der Waals surface area contributed by atoms with E-state index in [9.17, 15) is 0 Å². The zero-order valence-corrected chi connectivity index (χ0v) is 4.46. The van der Waals surface area contributed by atoms with Gasteiger partial charge in [-0.15, -0.1) is 0 Å². The molecule has 0 radical (unpaired) electrons. The Bertz CT molecular complexity index is 116. The highest BCUT2D eigenvalue weighted by molar-refractivity contribution is 4.93. The van der Waals surface area contributed by atoms with Crippen molar-refractivity contribution in [2.75, 3.05) is 0 Å². The van der Waals surface area contributed by atoms with Crippen LogP contribution in [0.15, 0.2) is 25.3 Å². The molecule has 8 heavy (non-hydrogen) atoms. The smallest absolute Gasteiger partial charge is 0.0905 e. The summed E-state index contributed by atoms with van der Waals surface area (Å²) in [5, 5.41) is 15.0. The first-order valence-electron chi connectivity index (χ1n) is 1.84. The lowest BCUT2D eigenvalue weighted by atomic mass is 10.8. The zero-order valence-electron chi connectivity index (χ0n) is 4.46. The summed E-state index contributed by atoms with van der Waals surface area (Å²) in [4.78, 5) is 0. The van der Waals surface area contributed by atoms with E-state index in [2.05, 4.69) is 13.2 Å². The van der Waals surface area contributed by atoms with Crippen molar-refractivity contribution in [2.24, 2.45) is 0 Å². The van der Waals surface area contributed by atoms with Crippen molar-refractivity contribution >= 4 is 0 Å². The number of hydrogen-bond acceptors (Lipinski definition) is 2. The van der Waals surface area contributed by atoms with Crippen molar-refractivity contribution < 1.29 is 0 Å². The second kappa shape index (κ2) is 17.9. The number of rotatable bonds is 0. The molecule has 0 heterocycles. The van der Waals surface area contributed by atoms with Gasteiger partial charge in [-0.1, -0.05) is 13.2 Å². The monoisotopic (exact) mass is 106 g/mol. The van der Waals surface area contributed by atoms with Gasteiger partial charge in [0.1, 0.15) is 0 Å². The summed E-state index contributed by atoms with van der Waals surface area (Å²) in [5.41, 5.74) is 0. The van der Waals surface area contributed by atoms with Gasteiger partial charge in [-0.3, -0.25) is 0 Å². The third-order valence-electron chi connectivity index (χ3n) is 0.183. The van der Waals surface area contributed by atoms with Crippen LogP contribution in [0.1, 0.15) is 0 Å². The van der Waals surface area contributed by atoms with Gasteiger partial charge >= 0.3 is 0 Å². The summed E-state index contributed by atoms with van der Waals surface area (Å²) in [6.07, 6.45) is 2.36. The molecular formula is C6H6N2. The van der Waals surface area contributed by atoms with Crippen LogP contribution in [0.3, 0.4) is 0 Å². The SMILES string of the molecule is C=CC#N.C=CC#N. The molecule has 0 atom stereocenters. The summed E-state index contributed by atoms with van der Waals surface area (Å²) in [6.45, 7) is 6.24. The van der Waals surface area contributed by atoms with E-state index < -0.39 is 0 Å². The largest absolute Gasteiger partial charge is 0.193 e. The Kier molecular flexibility index (Phi) is 21.7. The van der Waals surface area contributed by atoms with Crippen molar-refractivity contribution in [1.29, 1.82) is 10.5 Å². The van der Waals surface area contributed by atoms with Crippen LogP contribution in [0.25, 0.3) is 0 Å². The van der Waals surface area contributed by atoms with Gasteiger partial charge in [-0.05, 0) is 0 Å². The Morgan fingerprint density at radius 3 is 1.12 bits per heavy atom. The summed E-state index contributed by atoms with van der Waals surface area (Å²) < 4.78 is 0. The highest BCUT2D eigenvalue weighted by Gasteiger charge is 1.34. The van der Waals surface area contributed by atoms with Crippen molar-refractivity contribution in [3.8, 4) is 12.1 Å². The molecular weight excluding hydrogens is 100 g/mol. The Morgan fingerprint density at radius 2 is 1.12 bits per heavy atom. The number of nitrogens with zero attached hydrogens (tertiary/aromatic N) is 2. The summed E-state index contributed by atoms with van der Waals surface area (Å²) in [6, 6.07) is 3.39. The minimum Gasteiger partial charge on any atom is -0.193 e. The van der Waals surface area contributed by atoms with Crippen molar-refractivity contribution in [3.05, 3.63) is 25.3 Å². The Hall–Kier alpha value is -1.54. The van der Waals surface area contributed by atoms with Crippen LogP contribution >= 0.6 is 0 Å². The van der Waals surface area contributed by atoms with Gasteiger partial charge in [0.25, 0.3) is 0 Å². The van der Waals surface area contributed by atoms with Crippen LogP contribution in [-0.2, 0) is 0 Å². The molecule has 0 aliphatic heterocycles. The topological polar surface area (TPSA) is 47.6 Å². The van der Waals surface area contributed by atoms with Crippen molar-refractivity contribution in [3.63, 3.8) is 0 Å². The molecule has 2 nitrogen and oxygen atoms in total. The number of nitriles is 2. The standard InChI is InChI=1S/2C3H3N/c2*1-2-3-4/h2*2H,1H2. The quantitative estimate of drug-likeness (QED) is 0.438. The molecule has 0 fully saturated rings. The predicted octanol–water partition coefficient (Wildman–Crippen LogP) is 1.39. The fraction of sp³-hybridized carbons (Fsp3) is 0. The van der Waals surface area contributed by atoms with Crippen molar-refractivity contribution in [2.45, 2.75) is 0 Å². The van der Waals surface area contributed by atoms with E-state index in [1.54, 1.807) is 12.1 Å². The fourth-order valence-corrected chi connectivity index (χ4v) is 0. The minimum atomic E-state index is 1.18. The van der Waals surface area contributed by atoms with E-state index in [4.69, 9.17) is 10.5 Å². The molecule has 2 heteroatoms. The molecule has 40 valence electrons. The molecule has 0 aliphatic rings. The van der Waals surface area contributed by atoms with E-state index in [0.717, 1.165) is 0 Å². The van der Waals surface area contributed by atoms with Gasteiger partial charge < -0.3 is 0 Å². The summed E-state index contributed by atoms with van der Waals surface area (Å²) >= 11 is 0. The molecule has 0 spiro atoms. The van der Waals surface area contributed by atoms with Gasteiger partial charge in [-0.2, -0.15) is 10.5 Å². The number of hydrogen-bond donors (Lipinski definition) is 0. The predicted molar refractivity (Wildman–Crippen MR) is 31.6 cm³/mol. The molecule has 0 saturated carbocycles. The third-order valence-corrected chi connectivity index (χ3v) is 0.183. The molecule has 0 rings (SSSR count). The first kappa shape index (κ1) is 9.68. The molecule has 0 aliphatic carbocycles. The molecule has 0 N–H and O–H groups in total. The highest BCUT2D eigenvalue weighted by Crippen LogP contribution is 1.41. The molecule has 0 aromatic heterocycles. The van der Waals surface area contributed by atoms with E-state index in [-0.39, 0.29) is 0 Å². The highest BCUT2D eigenvalue weighted by atomic mass is 14.2. The molecule has 0 bridgehead atoms. The lowest BCUT2D eigenvalue weighted by molar-refractivity contribution is 1.54. The maximum absolute atomic E-state index is 7.51. The van der Waals surface area contributed by atoms with Gasteiger partial charge in [0, 0.05) is 12.2 Å². The van der Waals surface area contributed by atoms with Crippen molar-refractivity contribution in [1.82, 2.24) is 0 Å². The average molecular weight is 106 g/mol. The molecule has 0 aromatic carbocycles. The zero-order chi connectivity index (χ0) is 6.83.